The summed E-state index contributed by atoms with van der Waals surface area (Å²) in [7, 11) is 0. The number of nitrogens with zero attached hydrogens (tertiary/aromatic N) is 1. The monoisotopic (exact) mass is 482 g/mol. The van der Waals surface area contributed by atoms with Crippen LogP contribution in [-0.4, -0.2) is 30.1 Å². The Morgan fingerprint density at radius 1 is 0.914 bits per heavy atom. The number of benzene rings is 3. The van der Waals surface area contributed by atoms with Gasteiger partial charge >= 0.3 is 12.1 Å². The van der Waals surface area contributed by atoms with E-state index in [1.807, 2.05) is 12.1 Å². The molecule has 3 aromatic rings. The van der Waals surface area contributed by atoms with Crippen LogP contribution in [0.15, 0.2) is 72.8 Å². The van der Waals surface area contributed by atoms with E-state index in [4.69, 9.17) is 5.11 Å². The van der Waals surface area contributed by atoms with Gasteiger partial charge in [-0.05, 0) is 72.4 Å². The number of alkyl halides is 3. The van der Waals surface area contributed by atoms with Crippen molar-refractivity contribution < 1.29 is 27.9 Å². The Kier molecular flexibility index (Phi) is 7.10. The molecule has 5 nitrogen and oxygen atoms in total. The third kappa shape index (κ3) is 6.01. The van der Waals surface area contributed by atoms with Gasteiger partial charge < -0.3 is 15.3 Å². The van der Waals surface area contributed by atoms with Gasteiger partial charge in [-0.3, -0.25) is 9.59 Å². The van der Waals surface area contributed by atoms with E-state index in [9.17, 15) is 22.8 Å². The highest BCUT2D eigenvalue weighted by Gasteiger charge is 2.30. The van der Waals surface area contributed by atoms with Crippen LogP contribution in [-0.2, 0) is 11.0 Å². The molecule has 1 fully saturated rings. The van der Waals surface area contributed by atoms with Gasteiger partial charge in [-0.15, -0.1) is 0 Å². The number of halogens is 3. The van der Waals surface area contributed by atoms with Gasteiger partial charge in [0.1, 0.15) is 0 Å². The first kappa shape index (κ1) is 24.3. The lowest BCUT2D eigenvalue weighted by Crippen LogP contribution is -2.34. The zero-order valence-electron chi connectivity index (χ0n) is 18.9. The number of carboxylic acid groups (broad SMARTS) is 1. The van der Waals surface area contributed by atoms with E-state index in [-0.39, 0.29) is 18.2 Å². The Morgan fingerprint density at radius 3 is 2.14 bits per heavy atom. The minimum Gasteiger partial charge on any atom is -0.481 e. The molecule has 2 N–H and O–H groups in total. The summed E-state index contributed by atoms with van der Waals surface area (Å²) in [6.45, 7) is 1.56. The Hall–Kier alpha value is -3.81. The lowest BCUT2D eigenvalue weighted by atomic mass is 9.93. The number of hydrogen-bond acceptors (Lipinski definition) is 3. The van der Waals surface area contributed by atoms with Gasteiger partial charge in [-0.1, -0.05) is 30.3 Å². The summed E-state index contributed by atoms with van der Waals surface area (Å²) < 4.78 is 38.7. The van der Waals surface area contributed by atoms with Gasteiger partial charge in [0.25, 0.3) is 5.91 Å². The average Bonchev–Trinajstić information content (AvgIpc) is 2.84. The van der Waals surface area contributed by atoms with E-state index in [0.717, 1.165) is 43.8 Å². The van der Waals surface area contributed by atoms with Crippen LogP contribution in [0.25, 0.3) is 11.1 Å². The predicted molar refractivity (Wildman–Crippen MR) is 128 cm³/mol. The number of carbonyl (C=O) groups is 2. The molecule has 1 amide bonds. The van der Waals surface area contributed by atoms with Crippen LogP contribution in [0.1, 0.15) is 35.2 Å². The predicted octanol–water partition coefficient (Wildman–Crippen LogP) is 6.32. The van der Waals surface area contributed by atoms with Crippen LogP contribution in [0.4, 0.5) is 24.5 Å². The molecule has 3 aromatic carbocycles. The molecule has 0 aliphatic carbocycles. The largest absolute Gasteiger partial charge is 0.481 e. The smallest absolute Gasteiger partial charge is 0.416 e. The molecule has 1 aliphatic heterocycles. The maximum Gasteiger partial charge on any atom is 0.416 e. The lowest BCUT2D eigenvalue weighted by Gasteiger charge is -2.33. The highest BCUT2D eigenvalue weighted by atomic mass is 19.4. The van der Waals surface area contributed by atoms with Crippen molar-refractivity contribution in [2.45, 2.75) is 25.4 Å². The first-order valence-electron chi connectivity index (χ1n) is 11.4. The summed E-state index contributed by atoms with van der Waals surface area (Å²) in [5.74, 6) is -0.918. The van der Waals surface area contributed by atoms with Crippen LogP contribution in [0.2, 0.25) is 0 Å². The molecule has 8 heteroatoms. The van der Waals surface area contributed by atoms with Gasteiger partial charge in [0.15, 0.2) is 0 Å². The summed E-state index contributed by atoms with van der Waals surface area (Å²) in [4.78, 5) is 26.1. The second-order valence-corrected chi connectivity index (χ2v) is 8.65. The van der Waals surface area contributed by atoms with E-state index in [1.54, 1.807) is 36.4 Å². The minimum atomic E-state index is -4.42. The second-order valence-electron chi connectivity index (χ2n) is 8.65. The molecule has 4 rings (SSSR count). The van der Waals surface area contributed by atoms with Crippen molar-refractivity contribution in [2.75, 3.05) is 23.3 Å². The van der Waals surface area contributed by atoms with Crippen molar-refractivity contribution in [3.05, 3.63) is 83.9 Å². The Morgan fingerprint density at radius 2 is 1.54 bits per heavy atom. The summed E-state index contributed by atoms with van der Waals surface area (Å²) in [5, 5.41) is 11.8. The molecule has 1 heterocycles. The van der Waals surface area contributed by atoms with Crippen LogP contribution in [0, 0.1) is 5.92 Å². The lowest BCUT2D eigenvalue weighted by molar-refractivity contribution is -0.138. The number of amides is 1. The van der Waals surface area contributed by atoms with E-state index in [1.165, 1.54) is 12.1 Å². The Labute approximate surface area is 201 Å². The van der Waals surface area contributed by atoms with Crippen molar-refractivity contribution >= 4 is 23.3 Å². The van der Waals surface area contributed by atoms with Crippen LogP contribution in [0.3, 0.4) is 0 Å². The number of carbonyl (C=O) groups excluding carboxylic acids is 1. The van der Waals surface area contributed by atoms with Crippen LogP contribution >= 0.6 is 0 Å². The molecule has 0 radical (unpaired) electrons. The van der Waals surface area contributed by atoms with Crippen LogP contribution < -0.4 is 10.2 Å². The van der Waals surface area contributed by atoms with E-state index in [0.29, 0.717) is 22.4 Å². The summed E-state index contributed by atoms with van der Waals surface area (Å²) in [5.41, 5.74) is 2.28. The molecule has 0 aromatic heterocycles. The average molecular weight is 483 g/mol. The quantitative estimate of drug-likeness (QED) is 0.432. The zero-order valence-corrected chi connectivity index (χ0v) is 18.9. The van der Waals surface area contributed by atoms with Gasteiger partial charge in [0.05, 0.1) is 5.56 Å². The first-order chi connectivity index (χ1) is 16.7. The molecular weight excluding hydrogens is 457 g/mol. The molecule has 0 spiro atoms. The third-order valence-corrected chi connectivity index (χ3v) is 6.26. The number of nitrogens with one attached hydrogen (secondary N) is 1. The third-order valence-electron chi connectivity index (χ3n) is 6.26. The summed E-state index contributed by atoms with van der Waals surface area (Å²) in [6.07, 6.45) is -2.57. The molecule has 35 heavy (non-hydrogen) atoms. The summed E-state index contributed by atoms with van der Waals surface area (Å²) >= 11 is 0. The fourth-order valence-electron chi connectivity index (χ4n) is 4.37. The van der Waals surface area contributed by atoms with Crippen molar-refractivity contribution in [2.24, 2.45) is 5.92 Å². The molecule has 0 unspecified atom stereocenters. The number of hydrogen-bond donors (Lipinski definition) is 2. The maximum atomic E-state index is 13.0. The maximum absolute atomic E-state index is 13.0. The van der Waals surface area contributed by atoms with Crippen molar-refractivity contribution in [1.29, 1.82) is 0 Å². The SMILES string of the molecule is O=C(O)CC1CCN(c2ccc(NC(=O)c3ccccc3-c3ccc(C(F)(F)F)cc3)cc2)CC1. The first-order valence-corrected chi connectivity index (χ1v) is 11.4. The second kappa shape index (κ2) is 10.2. The fourth-order valence-corrected chi connectivity index (χ4v) is 4.37. The normalized spacial score (nSPS) is 14.5. The number of carboxylic acids is 1. The highest BCUT2D eigenvalue weighted by Crippen LogP contribution is 2.32. The van der Waals surface area contributed by atoms with E-state index in [2.05, 4.69) is 10.2 Å². The topological polar surface area (TPSA) is 69.6 Å². The minimum absolute atomic E-state index is 0.201. The van der Waals surface area contributed by atoms with Crippen LogP contribution in [0.5, 0.6) is 0 Å². The Balaban J connectivity index is 1.43. The fraction of sp³-hybridized carbons (Fsp3) is 0.259. The number of aliphatic carboxylic acids is 1. The van der Waals surface area contributed by atoms with Gasteiger partial charge in [-0.2, -0.15) is 13.2 Å². The van der Waals surface area contributed by atoms with E-state index < -0.39 is 17.7 Å². The van der Waals surface area contributed by atoms with Crippen molar-refractivity contribution in [1.82, 2.24) is 0 Å². The number of piperidine rings is 1. The van der Waals surface area contributed by atoms with Crippen molar-refractivity contribution in [3.63, 3.8) is 0 Å². The zero-order chi connectivity index (χ0) is 25.0. The molecule has 0 bridgehead atoms. The van der Waals surface area contributed by atoms with Gasteiger partial charge in [0.2, 0.25) is 0 Å². The highest BCUT2D eigenvalue weighted by molar-refractivity contribution is 6.08. The summed E-state index contributed by atoms with van der Waals surface area (Å²) in [6, 6.07) is 19.0. The molecule has 182 valence electrons. The molecule has 0 atom stereocenters. The van der Waals surface area contributed by atoms with Crippen molar-refractivity contribution in [3.8, 4) is 11.1 Å². The Bertz CT molecular complexity index is 1180. The standard InChI is InChI=1S/C27H25F3N2O3/c28-27(29,30)20-7-5-19(6-8-20)23-3-1-2-4-24(23)26(35)31-21-9-11-22(12-10-21)32-15-13-18(14-16-32)17-25(33)34/h1-12,18H,13-17H2,(H,31,35)(H,33,34). The van der Waals surface area contributed by atoms with Gasteiger partial charge in [-0.25, -0.2) is 0 Å². The van der Waals surface area contributed by atoms with Gasteiger partial charge in [0, 0.05) is 36.4 Å². The number of anilines is 2. The van der Waals surface area contributed by atoms with E-state index >= 15 is 0 Å². The molecule has 1 saturated heterocycles. The molecule has 0 saturated carbocycles. The number of rotatable bonds is 6. The molecule has 1 aliphatic rings. The molecular formula is C27H25F3N2O3.